The lowest BCUT2D eigenvalue weighted by molar-refractivity contribution is -0.117. The largest absolute Gasteiger partial charge is 0.411 e. The third-order valence-corrected chi connectivity index (χ3v) is 10.5. The fourth-order valence-corrected chi connectivity index (χ4v) is 4.63. The van der Waals surface area contributed by atoms with E-state index in [0.29, 0.717) is 17.6 Å². The molecule has 11 nitrogen and oxygen atoms in total. The van der Waals surface area contributed by atoms with Gasteiger partial charge in [-0.25, -0.2) is 4.98 Å². The Balaban J connectivity index is 2.00. The highest BCUT2D eigenvalue weighted by Gasteiger charge is 2.54. The molecule has 0 radical (unpaired) electrons. The number of hydrogen-bond acceptors (Lipinski definition) is 10. The first-order valence-electron chi connectivity index (χ1n) is 9.45. The van der Waals surface area contributed by atoms with Gasteiger partial charge in [0.15, 0.2) is 19.8 Å². The van der Waals surface area contributed by atoms with E-state index in [9.17, 15) is 10.0 Å². The molecule has 3 heterocycles. The fourth-order valence-electron chi connectivity index (χ4n) is 3.26. The van der Waals surface area contributed by atoms with Gasteiger partial charge in [0.2, 0.25) is 5.95 Å². The smallest absolute Gasteiger partial charge is 0.224 e. The Morgan fingerprint density at radius 2 is 2.10 bits per heavy atom. The Morgan fingerprint density at radius 1 is 1.41 bits per heavy atom. The molecule has 2 aromatic heterocycles. The molecule has 3 atom stereocenters. The Morgan fingerprint density at radius 3 is 2.69 bits per heavy atom. The van der Waals surface area contributed by atoms with Gasteiger partial charge in [0.1, 0.15) is 23.9 Å². The van der Waals surface area contributed by atoms with E-state index in [0.717, 1.165) is 0 Å². The first-order valence-corrected chi connectivity index (χ1v) is 12.4. The lowest BCUT2D eigenvalue weighted by atomic mass is 9.98. The minimum atomic E-state index is -2.22. The zero-order valence-electron chi connectivity index (χ0n) is 17.4. The summed E-state index contributed by atoms with van der Waals surface area (Å²) in [4.78, 5) is 23.6. The van der Waals surface area contributed by atoms with Crippen molar-refractivity contribution in [3.63, 3.8) is 0 Å². The van der Waals surface area contributed by atoms with Gasteiger partial charge >= 0.3 is 0 Å². The first-order chi connectivity index (χ1) is 13.4. The van der Waals surface area contributed by atoms with Crippen LogP contribution in [0.3, 0.4) is 0 Å². The van der Waals surface area contributed by atoms with Crippen LogP contribution in [0.4, 0.5) is 11.8 Å². The number of rotatable bonds is 6. The van der Waals surface area contributed by atoms with Crippen LogP contribution < -0.4 is 11.5 Å². The number of fused-ring (bicyclic) bond motifs is 1. The average molecular weight is 424 g/mol. The summed E-state index contributed by atoms with van der Waals surface area (Å²) < 4.78 is 14.4. The monoisotopic (exact) mass is 423 g/mol. The lowest BCUT2D eigenvalue weighted by Gasteiger charge is -2.41. The van der Waals surface area contributed by atoms with E-state index in [1.54, 1.807) is 4.57 Å². The van der Waals surface area contributed by atoms with E-state index in [1.807, 2.05) is 0 Å². The van der Waals surface area contributed by atoms with E-state index in [1.165, 1.54) is 6.33 Å². The summed E-state index contributed by atoms with van der Waals surface area (Å²) in [6.07, 6.45) is 0.811. The van der Waals surface area contributed by atoms with Crippen molar-refractivity contribution in [1.29, 1.82) is 0 Å². The third-order valence-electron chi connectivity index (χ3n) is 5.99. The summed E-state index contributed by atoms with van der Waals surface area (Å²) in [5, 5.41) is 13.1. The summed E-state index contributed by atoms with van der Waals surface area (Å²) in [6, 6.07) is 0. The van der Waals surface area contributed by atoms with Crippen LogP contribution in [-0.4, -0.2) is 57.8 Å². The van der Waals surface area contributed by atoms with Crippen molar-refractivity contribution in [2.45, 2.75) is 63.3 Å². The number of imidazole rings is 1. The maximum atomic E-state index is 11.2. The SMILES string of the molecule is CC(C)(C)[Si](C)(C)O[C@H]1C[C@@H](n2cnc3c(N)nc(N)nc32)O[C@@]1(CO)CN=O. The molecule has 0 bridgehead atoms. The highest BCUT2D eigenvalue weighted by molar-refractivity contribution is 6.74. The molecular formula is C17H29N7O4Si. The molecular weight excluding hydrogens is 394 g/mol. The number of nitrogens with zero attached hydrogens (tertiary/aromatic N) is 5. The van der Waals surface area contributed by atoms with Crippen molar-refractivity contribution in [3.05, 3.63) is 11.2 Å². The second-order valence-electron chi connectivity index (χ2n) is 8.98. The maximum Gasteiger partial charge on any atom is 0.224 e. The molecule has 0 unspecified atom stereocenters. The minimum Gasteiger partial charge on any atom is -0.411 e. The lowest BCUT2D eigenvalue weighted by Crippen LogP contribution is -2.53. The molecule has 0 spiro atoms. The van der Waals surface area contributed by atoms with Crippen molar-refractivity contribution in [3.8, 4) is 0 Å². The molecule has 1 aliphatic rings. The van der Waals surface area contributed by atoms with E-state index in [4.69, 9.17) is 20.6 Å². The Kier molecular flexibility index (Phi) is 5.40. The number of ether oxygens (including phenoxy) is 1. The third kappa shape index (κ3) is 3.72. The molecule has 12 heteroatoms. The number of aliphatic hydroxyl groups excluding tert-OH is 1. The van der Waals surface area contributed by atoms with Crippen LogP contribution in [0.25, 0.3) is 11.2 Å². The van der Waals surface area contributed by atoms with Gasteiger partial charge in [-0.15, -0.1) is 0 Å². The van der Waals surface area contributed by atoms with Gasteiger partial charge in [-0.1, -0.05) is 25.9 Å². The van der Waals surface area contributed by atoms with Crippen molar-refractivity contribution in [1.82, 2.24) is 19.5 Å². The standard InChI is InChI=1S/C17H29N7O4Si/c1-16(2,3)29(4,5)28-10-6-11(27-17(10,8-25)7-21-26)24-9-20-12-13(18)22-15(19)23-14(12)24/h9-11,25H,6-8H2,1-5H3,(H4,18,19,22,23)/t10-,11-,17+/m0/s1. The van der Waals surface area contributed by atoms with Crippen molar-refractivity contribution < 1.29 is 14.3 Å². The molecule has 1 saturated heterocycles. The molecule has 2 aromatic rings. The highest BCUT2D eigenvalue weighted by atomic mass is 28.4. The van der Waals surface area contributed by atoms with E-state index in [-0.39, 0.29) is 23.3 Å². The number of aliphatic hydroxyl groups is 1. The summed E-state index contributed by atoms with van der Waals surface area (Å²) in [7, 11) is -2.22. The van der Waals surface area contributed by atoms with Crippen molar-refractivity contribution in [2.75, 3.05) is 24.6 Å². The summed E-state index contributed by atoms with van der Waals surface area (Å²) in [5.74, 6) is 0.188. The normalized spacial score (nSPS) is 25.6. The minimum absolute atomic E-state index is 0.0202. The molecule has 5 N–H and O–H groups in total. The van der Waals surface area contributed by atoms with E-state index >= 15 is 0 Å². The van der Waals surface area contributed by atoms with Crippen molar-refractivity contribution >= 4 is 31.2 Å². The van der Waals surface area contributed by atoms with Gasteiger partial charge in [-0.3, -0.25) is 4.57 Å². The Hall–Kier alpha value is -2.15. The van der Waals surface area contributed by atoms with Gasteiger partial charge in [-0.05, 0) is 18.1 Å². The van der Waals surface area contributed by atoms with Crippen LogP contribution in [0.2, 0.25) is 18.1 Å². The van der Waals surface area contributed by atoms with Gasteiger partial charge < -0.3 is 25.7 Å². The first kappa shape index (κ1) is 21.6. The molecule has 0 aromatic carbocycles. The molecule has 3 rings (SSSR count). The molecule has 160 valence electrons. The molecule has 0 saturated carbocycles. The van der Waals surface area contributed by atoms with E-state index in [2.05, 4.69) is 54.0 Å². The van der Waals surface area contributed by atoms with Crippen LogP contribution in [0.5, 0.6) is 0 Å². The molecule has 29 heavy (non-hydrogen) atoms. The predicted molar refractivity (Wildman–Crippen MR) is 111 cm³/mol. The van der Waals surface area contributed by atoms with Crippen LogP contribution in [0, 0.1) is 4.91 Å². The quantitative estimate of drug-likeness (QED) is 0.464. The topological polar surface area (TPSA) is 164 Å². The van der Waals surface area contributed by atoms with E-state index < -0.39 is 32.9 Å². The highest BCUT2D eigenvalue weighted by Crippen LogP contribution is 2.45. The molecule has 0 aliphatic carbocycles. The summed E-state index contributed by atoms with van der Waals surface area (Å²) >= 11 is 0. The Labute approximate surface area is 169 Å². The van der Waals surface area contributed by atoms with Gasteiger partial charge in [-0.2, -0.15) is 14.9 Å². The average Bonchev–Trinajstić information content (AvgIpc) is 3.16. The second-order valence-corrected chi connectivity index (χ2v) is 13.7. The van der Waals surface area contributed by atoms with Crippen LogP contribution >= 0.6 is 0 Å². The zero-order valence-corrected chi connectivity index (χ0v) is 18.4. The summed E-state index contributed by atoms with van der Waals surface area (Å²) in [5.41, 5.74) is 11.2. The Bertz CT molecular complexity index is 913. The van der Waals surface area contributed by atoms with Gasteiger partial charge in [0.25, 0.3) is 0 Å². The van der Waals surface area contributed by atoms with Crippen molar-refractivity contribution in [2.24, 2.45) is 5.18 Å². The molecule has 1 fully saturated rings. The van der Waals surface area contributed by atoms with Crippen LogP contribution in [0.15, 0.2) is 11.5 Å². The number of anilines is 2. The number of nitrogen functional groups attached to an aromatic ring is 2. The molecule has 0 amide bonds. The predicted octanol–water partition coefficient (Wildman–Crippen LogP) is 1.80. The second kappa shape index (κ2) is 7.27. The number of hydrogen-bond donors (Lipinski definition) is 3. The van der Waals surface area contributed by atoms with Gasteiger partial charge in [0, 0.05) is 6.42 Å². The number of nitroso groups, excluding NO2 is 1. The zero-order chi connectivity index (χ0) is 21.6. The van der Waals surface area contributed by atoms with Crippen LogP contribution in [-0.2, 0) is 9.16 Å². The number of nitrogens with two attached hydrogens (primary N) is 2. The maximum absolute atomic E-state index is 11.2. The van der Waals surface area contributed by atoms with Gasteiger partial charge in [0.05, 0.1) is 19.0 Å². The number of aromatic nitrogens is 4. The fraction of sp³-hybridized carbons (Fsp3) is 0.706. The summed E-state index contributed by atoms with van der Waals surface area (Å²) in [6.45, 7) is 9.95. The van der Waals surface area contributed by atoms with Crippen LogP contribution in [0.1, 0.15) is 33.4 Å². The molecule has 1 aliphatic heterocycles.